The van der Waals surface area contributed by atoms with Gasteiger partial charge in [-0.15, -0.1) is 0 Å². The molecular formula is C13H25N3O7S. The molecule has 24 heavy (non-hydrogen) atoms. The monoisotopic (exact) mass is 367 g/mol. The molecule has 0 aliphatic rings. The molecule has 0 saturated heterocycles. The van der Waals surface area contributed by atoms with Crippen LogP contribution in [0.2, 0.25) is 0 Å². The molecule has 4 N–H and O–H groups in total. The lowest BCUT2D eigenvalue weighted by Gasteiger charge is -2.16. The van der Waals surface area contributed by atoms with Crippen molar-refractivity contribution in [3.05, 3.63) is 0 Å². The molecule has 0 aliphatic heterocycles. The number of nitrogens with one attached hydrogen (secondary N) is 2. The number of rotatable bonds is 12. The van der Waals surface area contributed by atoms with E-state index in [0.717, 1.165) is 0 Å². The Bertz CT molecular complexity index is 522. The molecule has 0 aromatic rings. The molecule has 1 atom stereocenters. The topological polar surface area (TPSA) is 154 Å². The molecule has 0 heterocycles. The standard InChI is InChI=1S/C13H25N3O7S/c1-3-22-12(18)8-10(13(19)23-4-2)16-24(20,21)7-5-6-15-11(17)9-14/h10,16H,3-9,14H2,1-2H3,(H,15,17). The average molecular weight is 367 g/mol. The molecule has 0 rings (SSSR count). The van der Waals surface area contributed by atoms with Gasteiger partial charge in [0.25, 0.3) is 0 Å². The second-order valence-electron chi connectivity index (χ2n) is 4.66. The molecule has 0 saturated carbocycles. The minimum atomic E-state index is -3.85. The summed E-state index contributed by atoms with van der Waals surface area (Å²) in [6.07, 6.45) is -0.341. The van der Waals surface area contributed by atoms with E-state index >= 15 is 0 Å². The van der Waals surface area contributed by atoms with E-state index < -0.39 is 40.3 Å². The SMILES string of the molecule is CCOC(=O)CC(NS(=O)(=O)CCCNC(=O)CN)C(=O)OCC. The first-order valence-corrected chi connectivity index (χ1v) is 9.20. The molecule has 0 aromatic heterocycles. The highest BCUT2D eigenvalue weighted by Gasteiger charge is 2.28. The second-order valence-corrected chi connectivity index (χ2v) is 6.53. The summed E-state index contributed by atoms with van der Waals surface area (Å²) < 4.78 is 35.6. The van der Waals surface area contributed by atoms with Gasteiger partial charge in [-0.1, -0.05) is 0 Å². The summed E-state index contributed by atoms with van der Waals surface area (Å²) in [7, 11) is -3.85. The van der Waals surface area contributed by atoms with Crippen LogP contribution in [0.3, 0.4) is 0 Å². The highest BCUT2D eigenvalue weighted by Crippen LogP contribution is 2.02. The zero-order valence-corrected chi connectivity index (χ0v) is 14.7. The van der Waals surface area contributed by atoms with E-state index in [9.17, 15) is 22.8 Å². The van der Waals surface area contributed by atoms with Gasteiger partial charge in [-0.05, 0) is 20.3 Å². The number of carbonyl (C=O) groups is 3. The highest BCUT2D eigenvalue weighted by atomic mass is 32.2. The van der Waals surface area contributed by atoms with Crippen molar-refractivity contribution in [2.24, 2.45) is 5.73 Å². The van der Waals surface area contributed by atoms with Crippen LogP contribution in [0.1, 0.15) is 26.7 Å². The number of amides is 1. The maximum Gasteiger partial charge on any atom is 0.324 e. The number of ether oxygens (including phenoxy) is 2. The molecule has 1 unspecified atom stereocenters. The molecule has 0 aromatic carbocycles. The van der Waals surface area contributed by atoms with Crippen LogP contribution in [-0.4, -0.2) is 64.4 Å². The Morgan fingerprint density at radius 2 is 1.75 bits per heavy atom. The van der Waals surface area contributed by atoms with Crippen LogP contribution in [0.15, 0.2) is 0 Å². The maximum absolute atomic E-state index is 12.0. The van der Waals surface area contributed by atoms with Crippen molar-refractivity contribution >= 4 is 27.9 Å². The first-order valence-electron chi connectivity index (χ1n) is 7.54. The number of nitrogens with two attached hydrogens (primary N) is 1. The number of hydrogen-bond acceptors (Lipinski definition) is 8. The van der Waals surface area contributed by atoms with Crippen molar-refractivity contribution in [3.63, 3.8) is 0 Å². The molecule has 0 spiro atoms. The maximum atomic E-state index is 12.0. The summed E-state index contributed by atoms with van der Waals surface area (Å²) in [4.78, 5) is 34.2. The predicted molar refractivity (Wildman–Crippen MR) is 85.3 cm³/mol. The van der Waals surface area contributed by atoms with E-state index in [1.54, 1.807) is 13.8 Å². The fourth-order valence-electron chi connectivity index (χ4n) is 1.64. The van der Waals surface area contributed by atoms with Crippen molar-refractivity contribution in [1.82, 2.24) is 10.0 Å². The lowest BCUT2D eigenvalue weighted by atomic mass is 10.2. The van der Waals surface area contributed by atoms with Crippen LogP contribution in [0.4, 0.5) is 0 Å². The molecule has 140 valence electrons. The van der Waals surface area contributed by atoms with Crippen LogP contribution < -0.4 is 15.8 Å². The Kier molecular flexibility index (Phi) is 10.9. The van der Waals surface area contributed by atoms with Crippen molar-refractivity contribution in [2.45, 2.75) is 32.7 Å². The minimum Gasteiger partial charge on any atom is -0.466 e. The van der Waals surface area contributed by atoms with Crippen LogP contribution in [0.25, 0.3) is 0 Å². The fourth-order valence-corrected chi connectivity index (χ4v) is 2.90. The van der Waals surface area contributed by atoms with Crippen molar-refractivity contribution in [2.75, 3.05) is 32.1 Å². The average Bonchev–Trinajstić information content (AvgIpc) is 2.51. The van der Waals surface area contributed by atoms with Crippen LogP contribution in [0, 0.1) is 0 Å². The van der Waals surface area contributed by atoms with Gasteiger partial charge < -0.3 is 20.5 Å². The third-order valence-corrected chi connectivity index (χ3v) is 4.14. The molecule has 1 amide bonds. The third kappa shape index (κ3) is 10.1. The van der Waals surface area contributed by atoms with Gasteiger partial charge >= 0.3 is 11.9 Å². The van der Waals surface area contributed by atoms with Gasteiger partial charge in [0.15, 0.2) is 0 Å². The Morgan fingerprint density at radius 3 is 2.29 bits per heavy atom. The van der Waals surface area contributed by atoms with Gasteiger partial charge in [-0.2, -0.15) is 0 Å². The minimum absolute atomic E-state index is 0.0466. The number of carbonyl (C=O) groups excluding carboxylic acids is 3. The second kappa shape index (κ2) is 11.8. The van der Waals surface area contributed by atoms with E-state index in [1.165, 1.54) is 0 Å². The van der Waals surface area contributed by atoms with E-state index in [2.05, 4.69) is 10.0 Å². The smallest absolute Gasteiger partial charge is 0.324 e. The number of esters is 2. The summed E-state index contributed by atoms with van der Waals surface area (Å²) in [5.74, 6) is -2.30. The Balaban J connectivity index is 4.64. The largest absolute Gasteiger partial charge is 0.466 e. The first-order chi connectivity index (χ1) is 11.3. The van der Waals surface area contributed by atoms with Gasteiger partial charge in [0.1, 0.15) is 6.04 Å². The Labute approximate surface area is 141 Å². The normalized spacial score (nSPS) is 12.3. The van der Waals surface area contributed by atoms with Gasteiger partial charge in [-0.3, -0.25) is 14.4 Å². The molecular weight excluding hydrogens is 342 g/mol. The summed E-state index contributed by atoms with van der Waals surface area (Å²) in [6.45, 7) is 3.26. The molecule has 0 bridgehead atoms. The zero-order valence-electron chi connectivity index (χ0n) is 13.9. The fraction of sp³-hybridized carbons (Fsp3) is 0.769. The zero-order chi connectivity index (χ0) is 18.6. The summed E-state index contributed by atoms with van der Waals surface area (Å²) in [6, 6.07) is -1.35. The summed E-state index contributed by atoms with van der Waals surface area (Å²) in [5.41, 5.74) is 5.10. The summed E-state index contributed by atoms with van der Waals surface area (Å²) in [5, 5.41) is 2.43. The number of hydrogen-bond donors (Lipinski definition) is 3. The molecule has 0 fully saturated rings. The van der Waals surface area contributed by atoms with E-state index in [1.807, 2.05) is 0 Å². The quantitative estimate of drug-likeness (QED) is 0.271. The van der Waals surface area contributed by atoms with E-state index in [-0.39, 0.29) is 38.5 Å². The van der Waals surface area contributed by atoms with Crippen molar-refractivity contribution in [1.29, 1.82) is 0 Å². The van der Waals surface area contributed by atoms with Gasteiger partial charge in [0.2, 0.25) is 15.9 Å². The first kappa shape index (κ1) is 22.3. The van der Waals surface area contributed by atoms with Crippen LogP contribution in [0.5, 0.6) is 0 Å². The Morgan fingerprint density at radius 1 is 1.12 bits per heavy atom. The molecule has 0 aliphatic carbocycles. The van der Waals surface area contributed by atoms with Crippen molar-refractivity contribution < 1.29 is 32.3 Å². The lowest BCUT2D eigenvalue weighted by Crippen LogP contribution is -2.44. The van der Waals surface area contributed by atoms with Gasteiger partial charge in [0.05, 0.1) is 31.9 Å². The molecule has 11 heteroatoms. The lowest BCUT2D eigenvalue weighted by molar-refractivity contribution is -0.151. The molecule has 0 radical (unpaired) electrons. The van der Waals surface area contributed by atoms with Gasteiger partial charge in [0, 0.05) is 6.54 Å². The van der Waals surface area contributed by atoms with Gasteiger partial charge in [-0.25, -0.2) is 13.1 Å². The third-order valence-electron chi connectivity index (χ3n) is 2.67. The molecule has 10 nitrogen and oxygen atoms in total. The van der Waals surface area contributed by atoms with E-state index in [0.29, 0.717) is 0 Å². The van der Waals surface area contributed by atoms with Crippen molar-refractivity contribution in [3.8, 4) is 0 Å². The highest BCUT2D eigenvalue weighted by molar-refractivity contribution is 7.89. The van der Waals surface area contributed by atoms with E-state index in [4.69, 9.17) is 15.2 Å². The van der Waals surface area contributed by atoms with Crippen LogP contribution >= 0.6 is 0 Å². The predicted octanol–water partition coefficient (Wildman–Crippen LogP) is -1.74. The van der Waals surface area contributed by atoms with Crippen LogP contribution in [-0.2, 0) is 33.9 Å². The number of sulfonamides is 1. The summed E-state index contributed by atoms with van der Waals surface area (Å²) >= 11 is 0. The Hall–Kier alpha value is -1.72.